The minimum Gasteiger partial charge on any atom is -0.489 e. The minimum atomic E-state index is -2.56. The summed E-state index contributed by atoms with van der Waals surface area (Å²) in [6, 6.07) is 4.82. The summed E-state index contributed by atoms with van der Waals surface area (Å²) >= 11 is 0. The number of carbonyl (C=O) groups excluding carboxylic acids is 3. The monoisotopic (exact) mass is 447 g/mol. The highest BCUT2D eigenvalue weighted by Gasteiger charge is 2.42. The molecule has 1 unspecified atom stereocenters. The number of halogens is 2. The molecular formula is C23H27F2N3O4. The number of hydrogen-bond donors (Lipinski definition) is 1. The molecule has 1 saturated carbocycles. The zero-order valence-electron chi connectivity index (χ0n) is 17.8. The van der Waals surface area contributed by atoms with Crippen molar-refractivity contribution in [3.8, 4) is 5.75 Å². The van der Waals surface area contributed by atoms with Gasteiger partial charge in [-0.2, -0.15) is 0 Å². The first-order chi connectivity index (χ1) is 15.3. The van der Waals surface area contributed by atoms with E-state index in [0.717, 1.165) is 24.8 Å². The number of ether oxygens (including phenoxy) is 1. The van der Waals surface area contributed by atoms with Gasteiger partial charge in [0.2, 0.25) is 11.8 Å². The fourth-order valence-electron chi connectivity index (χ4n) is 5.44. The van der Waals surface area contributed by atoms with Gasteiger partial charge in [0, 0.05) is 50.5 Å². The Morgan fingerprint density at radius 2 is 1.84 bits per heavy atom. The van der Waals surface area contributed by atoms with E-state index in [-0.39, 0.29) is 43.2 Å². The Morgan fingerprint density at radius 1 is 1.06 bits per heavy atom. The number of alkyl halides is 2. The van der Waals surface area contributed by atoms with Crippen LogP contribution in [0.1, 0.15) is 60.9 Å². The first kappa shape index (κ1) is 21.3. The molecule has 3 heterocycles. The molecule has 1 aromatic rings. The summed E-state index contributed by atoms with van der Waals surface area (Å²) in [5.74, 6) is -2.86. The van der Waals surface area contributed by atoms with Crippen molar-refractivity contribution in [2.75, 3.05) is 13.1 Å². The molecule has 0 radical (unpaired) electrons. The van der Waals surface area contributed by atoms with E-state index in [2.05, 4.69) is 10.2 Å². The maximum atomic E-state index is 13.5. The van der Waals surface area contributed by atoms with Gasteiger partial charge in [-0.25, -0.2) is 8.78 Å². The molecule has 32 heavy (non-hydrogen) atoms. The molecule has 1 aliphatic carbocycles. The number of carbonyl (C=O) groups is 3. The van der Waals surface area contributed by atoms with Crippen LogP contribution in [-0.2, 0) is 16.1 Å². The van der Waals surface area contributed by atoms with Crippen molar-refractivity contribution in [1.29, 1.82) is 0 Å². The number of nitrogens with one attached hydrogen (secondary N) is 1. The van der Waals surface area contributed by atoms with Gasteiger partial charge in [-0.05, 0) is 49.4 Å². The molecule has 5 rings (SSSR count). The van der Waals surface area contributed by atoms with Crippen molar-refractivity contribution in [2.45, 2.75) is 75.6 Å². The van der Waals surface area contributed by atoms with Crippen molar-refractivity contribution in [1.82, 2.24) is 15.1 Å². The summed E-state index contributed by atoms with van der Waals surface area (Å²) in [7, 11) is 0. The van der Waals surface area contributed by atoms with Gasteiger partial charge in [-0.15, -0.1) is 0 Å². The summed E-state index contributed by atoms with van der Waals surface area (Å²) in [6.45, 7) is 1.07. The van der Waals surface area contributed by atoms with Crippen LogP contribution in [0.4, 0.5) is 8.78 Å². The van der Waals surface area contributed by atoms with E-state index in [1.807, 2.05) is 6.07 Å². The average Bonchev–Trinajstić information content (AvgIpc) is 3.33. The second kappa shape index (κ2) is 8.10. The fraction of sp³-hybridized carbons (Fsp3) is 0.609. The Morgan fingerprint density at radius 3 is 2.59 bits per heavy atom. The zero-order valence-corrected chi connectivity index (χ0v) is 17.8. The first-order valence-corrected chi connectivity index (χ1v) is 11.4. The van der Waals surface area contributed by atoms with E-state index in [1.54, 1.807) is 12.1 Å². The Labute approximate surface area is 185 Å². The van der Waals surface area contributed by atoms with Crippen LogP contribution in [0.15, 0.2) is 18.2 Å². The highest BCUT2D eigenvalue weighted by atomic mass is 19.3. The standard InChI is InChI=1S/C23H27F2N3O4/c24-23(25)8-10-27(11-9-23)17-2-1-3-19(17)32-15-4-5-16-14(12-15)13-28(22(16)31)18-6-7-20(29)26-21(18)30/h4-5,12,17-19H,1-3,6-11,13H2,(H,26,29,30)/t17-,18?,19-/m1/s1. The van der Waals surface area contributed by atoms with Crippen LogP contribution < -0.4 is 10.1 Å². The number of fused-ring (bicyclic) bond motifs is 1. The Balaban J connectivity index is 1.26. The van der Waals surface area contributed by atoms with E-state index < -0.39 is 17.9 Å². The first-order valence-electron chi connectivity index (χ1n) is 11.4. The second-order valence-electron chi connectivity index (χ2n) is 9.27. The number of hydrogen-bond acceptors (Lipinski definition) is 5. The van der Waals surface area contributed by atoms with Crippen molar-refractivity contribution in [2.24, 2.45) is 0 Å². The molecule has 1 N–H and O–H groups in total. The Hall–Kier alpha value is -2.55. The fourth-order valence-corrected chi connectivity index (χ4v) is 5.44. The summed E-state index contributed by atoms with van der Waals surface area (Å²) < 4.78 is 33.4. The molecule has 2 saturated heterocycles. The van der Waals surface area contributed by atoms with Gasteiger partial charge in [0.25, 0.3) is 11.8 Å². The summed E-state index contributed by atoms with van der Waals surface area (Å²) in [5, 5.41) is 2.31. The van der Waals surface area contributed by atoms with E-state index >= 15 is 0 Å². The quantitative estimate of drug-likeness (QED) is 0.718. The number of rotatable bonds is 4. The van der Waals surface area contributed by atoms with Crippen LogP contribution in [0.25, 0.3) is 0 Å². The van der Waals surface area contributed by atoms with Crippen molar-refractivity contribution >= 4 is 17.7 Å². The maximum absolute atomic E-state index is 13.5. The number of amides is 3. The Bertz CT molecular complexity index is 943. The van der Waals surface area contributed by atoms with Gasteiger partial charge >= 0.3 is 0 Å². The number of imide groups is 1. The molecule has 9 heteroatoms. The molecule has 3 aliphatic heterocycles. The van der Waals surface area contributed by atoms with E-state index in [1.165, 1.54) is 4.90 Å². The molecule has 3 amide bonds. The second-order valence-corrected chi connectivity index (χ2v) is 9.27. The smallest absolute Gasteiger partial charge is 0.255 e. The normalized spacial score (nSPS) is 30.4. The molecule has 0 spiro atoms. The van der Waals surface area contributed by atoms with Crippen LogP contribution in [0.5, 0.6) is 5.75 Å². The molecule has 3 fully saturated rings. The SMILES string of the molecule is O=C1CCC(N2Cc3cc(O[C@@H]4CCC[C@H]4N4CCC(F)(F)CC4)ccc3C2=O)C(=O)N1. The molecule has 1 aromatic carbocycles. The number of benzene rings is 1. The minimum absolute atomic E-state index is 0.0666. The summed E-state index contributed by atoms with van der Waals surface area (Å²) in [6.07, 6.45) is 3.07. The van der Waals surface area contributed by atoms with Gasteiger partial charge in [-0.1, -0.05) is 0 Å². The number of nitrogens with zero attached hydrogens (tertiary/aromatic N) is 2. The highest BCUT2D eigenvalue weighted by molar-refractivity contribution is 6.05. The lowest BCUT2D eigenvalue weighted by molar-refractivity contribution is -0.136. The van der Waals surface area contributed by atoms with Gasteiger partial charge in [0.15, 0.2) is 0 Å². The van der Waals surface area contributed by atoms with Gasteiger partial charge in [0.05, 0.1) is 0 Å². The number of likely N-dealkylation sites (tertiary alicyclic amines) is 1. The van der Waals surface area contributed by atoms with Crippen molar-refractivity contribution in [3.63, 3.8) is 0 Å². The Kier molecular flexibility index (Phi) is 5.39. The van der Waals surface area contributed by atoms with E-state index in [0.29, 0.717) is 37.4 Å². The van der Waals surface area contributed by atoms with Crippen molar-refractivity contribution in [3.05, 3.63) is 29.3 Å². The predicted octanol–water partition coefficient (Wildman–Crippen LogP) is 2.48. The summed E-state index contributed by atoms with van der Waals surface area (Å²) in [5.41, 5.74) is 1.34. The molecule has 3 atom stereocenters. The lowest BCUT2D eigenvalue weighted by Gasteiger charge is -2.38. The molecule has 0 bridgehead atoms. The van der Waals surface area contributed by atoms with Crippen LogP contribution >= 0.6 is 0 Å². The van der Waals surface area contributed by atoms with Gasteiger partial charge in [-0.3, -0.25) is 24.6 Å². The molecule has 172 valence electrons. The van der Waals surface area contributed by atoms with Gasteiger partial charge < -0.3 is 9.64 Å². The lowest BCUT2D eigenvalue weighted by atomic mass is 10.0. The third-order valence-corrected chi connectivity index (χ3v) is 7.20. The van der Waals surface area contributed by atoms with Crippen molar-refractivity contribution < 1.29 is 27.9 Å². The lowest BCUT2D eigenvalue weighted by Crippen LogP contribution is -2.52. The van der Waals surface area contributed by atoms with Crippen LogP contribution in [0.3, 0.4) is 0 Å². The highest BCUT2D eigenvalue weighted by Crippen LogP contribution is 2.36. The predicted molar refractivity (Wildman–Crippen MR) is 110 cm³/mol. The topological polar surface area (TPSA) is 79.0 Å². The van der Waals surface area contributed by atoms with Crippen LogP contribution in [0, 0.1) is 0 Å². The van der Waals surface area contributed by atoms with Gasteiger partial charge in [0.1, 0.15) is 17.9 Å². The maximum Gasteiger partial charge on any atom is 0.255 e. The third kappa shape index (κ3) is 3.98. The van der Waals surface area contributed by atoms with Crippen LogP contribution in [-0.4, -0.2) is 64.7 Å². The number of piperidine rings is 2. The van der Waals surface area contributed by atoms with E-state index in [9.17, 15) is 23.2 Å². The van der Waals surface area contributed by atoms with Crippen LogP contribution in [0.2, 0.25) is 0 Å². The third-order valence-electron chi connectivity index (χ3n) is 7.20. The molecule has 7 nitrogen and oxygen atoms in total. The largest absolute Gasteiger partial charge is 0.489 e. The molecule has 4 aliphatic rings. The molecular weight excluding hydrogens is 420 g/mol. The zero-order chi connectivity index (χ0) is 22.5. The van der Waals surface area contributed by atoms with E-state index in [4.69, 9.17) is 4.74 Å². The molecule has 0 aromatic heterocycles. The average molecular weight is 447 g/mol. The summed E-state index contributed by atoms with van der Waals surface area (Å²) in [4.78, 5) is 40.1.